The highest BCUT2D eigenvalue weighted by Gasteiger charge is 2.18. The molecule has 1 nitrogen and oxygen atoms in total. The van der Waals surface area contributed by atoms with Crippen molar-refractivity contribution in [2.75, 3.05) is 5.75 Å². The molecule has 0 aromatic heterocycles. The highest BCUT2D eigenvalue weighted by Crippen LogP contribution is 2.27. The third kappa shape index (κ3) is 3.35. The molecule has 0 atom stereocenters. The lowest BCUT2D eigenvalue weighted by Crippen LogP contribution is -2.14. The van der Waals surface area contributed by atoms with Crippen molar-refractivity contribution in [1.82, 2.24) is 0 Å². The number of hydrogen-bond acceptors (Lipinski definition) is 2. The molecule has 1 aromatic rings. The molecular formula is C15H22OS. The Kier molecular flexibility index (Phi) is 4.42. The lowest BCUT2D eigenvalue weighted by molar-refractivity contribution is 0.0988. The van der Waals surface area contributed by atoms with Crippen LogP contribution in [0.25, 0.3) is 0 Å². The van der Waals surface area contributed by atoms with E-state index in [1.807, 2.05) is 13.8 Å². The monoisotopic (exact) mass is 250 g/mol. The molecule has 1 rings (SSSR count). The zero-order chi connectivity index (χ0) is 13.2. The van der Waals surface area contributed by atoms with Gasteiger partial charge in [0.25, 0.3) is 0 Å². The van der Waals surface area contributed by atoms with Gasteiger partial charge in [0.1, 0.15) is 0 Å². The summed E-state index contributed by atoms with van der Waals surface area (Å²) in [4.78, 5) is 12.0. The largest absolute Gasteiger partial charge is 0.294 e. The molecule has 0 aliphatic carbocycles. The van der Waals surface area contributed by atoms with Crippen LogP contribution in [-0.2, 0) is 5.41 Å². The summed E-state index contributed by atoms with van der Waals surface area (Å²) in [6, 6.07) is 4.28. The van der Waals surface area contributed by atoms with Gasteiger partial charge in [-0.1, -0.05) is 32.9 Å². The summed E-state index contributed by atoms with van der Waals surface area (Å²) in [5.41, 5.74) is 4.46. The molecule has 0 fully saturated rings. The Balaban J connectivity index is 3.25. The number of rotatable bonds is 3. The molecule has 0 aliphatic heterocycles. The van der Waals surface area contributed by atoms with Gasteiger partial charge < -0.3 is 0 Å². The maximum Gasteiger partial charge on any atom is 0.164 e. The number of Topliss-reactive ketones (excluding diaryl/α,β-unsaturated/α-hetero) is 1. The van der Waals surface area contributed by atoms with Crippen LogP contribution in [0, 0.1) is 13.8 Å². The van der Waals surface area contributed by atoms with Crippen LogP contribution in [0.2, 0.25) is 0 Å². The average molecular weight is 250 g/mol. The predicted octanol–water partition coefficient (Wildman–Crippen LogP) is 4.10. The van der Waals surface area contributed by atoms with E-state index in [1.165, 1.54) is 5.56 Å². The molecule has 0 saturated heterocycles. The fraction of sp³-hybridized carbons (Fsp3) is 0.533. The first-order valence-electron chi connectivity index (χ1n) is 6.03. The second-order valence-corrected chi connectivity index (χ2v) is 6.08. The Hall–Kier alpha value is -0.760. The fourth-order valence-corrected chi connectivity index (χ4v) is 2.27. The van der Waals surface area contributed by atoms with Crippen molar-refractivity contribution in [3.63, 3.8) is 0 Å². The first-order chi connectivity index (χ1) is 7.77. The minimum Gasteiger partial charge on any atom is -0.294 e. The van der Waals surface area contributed by atoms with Crippen molar-refractivity contribution in [1.29, 1.82) is 0 Å². The van der Waals surface area contributed by atoms with Crippen LogP contribution >= 0.6 is 12.6 Å². The Morgan fingerprint density at radius 3 is 2.00 bits per heavy atom. The van der Waals surface area contributed by atoms with E-state index in [9.17, 15) is 4.79 Å². The molecule has 0 aliphatic rings. The first kappa shape index (κ1) is 14.3. The van der Waals surface area contributed by atoms with Gasteiger partial charge >= 0.3 is 0 Å². The lowest BCUT2D eigenvalue weighted by Gasteiger charge is -2.22. The van der Waals surface area contributed by atoms with Crippen LogP contribution in [0.4, 0.5) is 0 Å². The van der Waals surface area contributed by atoms with Gasteiger partial charge in [-0.2, -0.15) is 12.6 Å². The van der Waals surface area contributed by atoms with Crippen LogP contribution in [0.15, 0.2) is 12.1 Å². The molecule has 0 saturated carbocycles. The van der Waals surface area contributed by atoms with Crippen LogP contribution in [0.1, 0.15) is 54.2 Å². The summed E-state index contributed by atoms with van der Waals surface area (Å²) in [7, 11) is 0. The molecular weight excluding hydrogens is 228 g/mol. The third-order valence-electron chi connectivity index (χ3n) is 3.02. The standard InChI is InChI=1S/C15H22OS/c1-10-8-12(15(3,4)5)9-11(2)14(10)13(16)6-7-17/h8-9,17H,6-7H2,1-5H3. The summed E-state index contributed by atoms with van der Waals surface area (Å²) in [6.07, 6.45) is 0.514. The number of thiol groups is 1. The quantitative estimate of drug-likeness (QED) is 0.631. The third-order valence-corrected chi connectivity index (χ3v) is 3.24. The van der Waals surface area contributed by atoms with E-state index >= 15 is 0 Å². The van der Waals surface area contributed by atoms with Gasteiger partial charge in [-0.05, 0) is 41.7 Å². The van der Waals surface area contributed by atoms with Crippen molar-refractivity contribution in [3.8, 4) is 0 Å². The van der Waals surface area contributed by atoms with Crippen molar-refractivity contribution >= 4 is 18.4 Å². The van der Waals surface area contributed by atoms with Gasteiger partial charge in [0.05, 0.1) is 0 Å². The summed E-state index contributed by atoms with van der Waals surface area (Å²) in [5, 5.41) is 0. The Morgan fingerprint density at radius 1 is 1.18 bits per heavy atom. The minimum absolute atomic E-state index is 0.126. The van der Waals surface area contributed by atoms with E-state index in [0.29, 0.717) is 12.2 Å². The van der Waals surface area contributed by atoms with E-state index < -0.39 is 0 Å². The second kappa shape index (κ2) is 5.26. The van der Waals surface area contributed by atoms with Gasteiger partial charge in [-0.3, -0.25) is 4.79 Å². The van der Waals surface area contributed by atoms with E-state index in [2.05, 4.69) is 45.5 Å². The molecule has 0 heterocycles. The molecule has 0 amide bonds. The van der Waals surface area contributed by atoms with Gasteiger partial charge in [-0.25, -0.2) is 0 Å². The van der Waals surface area contributed by atoms with E-state index in [0.717, 1.165) is 16.7 Å². The summed E-state index contributed by atoms with van der Waals surface area (Å²) in [6.45, 7) is 10.6. The van der Waals surface area contributed by atoms with Crippen LogP contribution < -0.4 is 0 Å². The summed E-state index contributed by atoms with van der Waals surface area (Å²) < 4.78 is 0. The topological polar surface area (TPSA) is 17.1 Å². The number of benzene rings is 1. The van der Waals surface area contributed by atoms with Crippen molar-refractivity contribution < 1.29 is 4.79 Å². The first-order valence-corrected chi connectivity index (χ1v) is 6.66. The Bertz CT molecular complexity index is 404. The van der Waals surface area contributed by atoms with E-state index in [-0.39, 0.29) is 11.2 Å². The maximum atomic E-state index is 12.0. The molecule has 0 unspecified atom stereocenters. The van der Waals surface area contributed by atoms with Gasteiger partial charge in [0.15, 0.2) is 5.78 Å². The maximum absolute atomic E-state index is 12.0. The number of ketones is 1. The molecule has 0 radical (unpaired) electrons. The van der Waals surface area contributed by atoms with Crippen molar-refractivity contribution in [2.45, 2.75) is 46.5 Å². The molecule has 0 N–H and O–H groups in total. The van der Waals surface area contributed by atoms with Crippen LogP contribution in [0.5, 0.6) is 0 Å². The smallest absolute Gasteiger partial charge is 0.164 e. The zero-order valence-corrected chi connectivity index (χ0v) is 12.3. The molecule has 17 heavy (non-hydrogen) atoms. The number of carbonyl (C=O) groups is 1. The van der Waals surface area contributed by atoms with E-state index in [4.69, 9.17) is 0 Å². The molecule has 94 valence electrons. The molecule has 1 aromatic carbocycles. The van der Waals surface area contributed by atoms with Gasteiger partial charge in [0, 0.05) is 12.0 Å². The van der Waals surface area contributed by atoms with Gasteiger partial charge in [0.2, 0.25) is 0 Å². The highest BCUT2D eigenvalue weighted by atomic mass is 32.1. The zero-order valence-electron chi connectivity index (χ0n) is 11.4. The number of hydrogen-bond donors (Lipinski definition) is 1. The molecule has 0 spiro atoms. The van der Waals surface area contributed by atoms with Crippen molar-refractivity contribution in [2.24, 2.45) is 0 Å². The number of aryl methyl sites for hydroxylation is 2. The normalized spacial score (nSPS) is 11.6. The van der Waals surface area contributed by atoms with Gasteiger partial charge in [-0.15, -0.1) is 0 Å². The predicted molar refractivity (Wildman–Crippen MR) is 77.4 cm³/mol. The second-order valence-electron chi connectivity index (χ2n) is 5.63. The summed E-state index contributed by atoms with van der Waals surface area (Å²) in [5.74, 6) is 0.814. The minimum atomic E-state index is 0.126. The van der Waals surface area contributed by atoms with Crippen LogP contribution in [0.3, 0.4) is 0 Å². The SMILES string of the molecule is Cc1cc(C(C)(C)C)cc(C)c1C(=O)CCS. The number of carbonyl (C=O) groups excluding carboxylic acids is 1. The summed E-state index contributed by atoms with van der Waals surface area (Å²) >= 11 is 4.12. The molecule has 2 heteroatoms. The Morgan fingerprint density at radius 2 is 1.65 bits per heavy atom. The highest BCUT2D eigenvalue weighted by molar-refractivity contribution is 7.80. The van der Waals surface area contributed by atoms with Crippen LogP contribution in [-0.4, -0.2) is 11.5 Å². The average Bonchev–Trinajstić information content (AvgIpc) is 2.15. The molecule has 0 bridgehead atoms. The lowest BCUT2D eigenvalue weighted by atomic mass is 9.83. The Labute approximate surface area is 110 Å². The van der Waals surface area contributed by atoms with E-state index in [1.54, 1.807) is 0 Å². The fourth-order valence-electron chi connectivity index (χ4n) is 2.06. The van der Waals surface area contributed by atoms with Crippen molar-refractivity contribution in [3.05, 3.63) is 34.4 Å².